The molecular weight excluding hydrogens is 222 g/mol. The molecule has 2 rings (SSSR count). The molecule has 18 heavy (non-hydrogen) atoms. The van der Waals surface area contributed by atoms with Gasteiger partial charge in [-0.15, -0.1) is 0 Å². The van der Waals surface area contributed by atoms with Gasteiger partial charge in [0.1, 0.15) is 0 Å². The van der Waals surface area contributed by atoms with Crippen molar-refractivity contribution in [3.63, 3.8) is 0 Å². The molecule has 2 heterocycles. The summed E-state index contributed by atoms with van der Waals surface area (Å²) < 4.78 is 5.57. The molecule has 1 unspecified atom stereocenters. The largest absolute Gasteiger partial charge is 0.381 e. The normalized spacial score (nSPS) is 28.5. The Morgan fingerprint density at radius 3 is 2.39 bits per heavy atom. The van der Waals surface area contributed by atoms with E-state index in [1.165, 1.54) is 51.7 Å². The number of ether oxygens (including phenoxy) is 1. The summed E-state index contributed by atoms with van der Waals surface area (Å²) in [5.74, 6) is 1.76. The van der Waals surface area contributed by atoms with E-state index in [0.29, 0.717) is 5.41 Å². The van der Waals surface area contributed by atoms with E-state index in [-0.39, 0.29) is 0 Å². The molecule has 0 aromatic heterocycles. The van der Waals surface area contributed by atoms with Gasteiger partial charge in [0.2, 0.25) is 0 Å². The van der Waals surface area contributed by atoms with Gasteiger partial charge in [-0.25, -0.2) is 0 Å². The molecule has 2 fully saturated rings. The van der Waals surface area contributed by atoms with Gasteiger partial charge in [0, 0.05) is 13.2 Å². The summed E-state index contributed by atoms with van der Waals surface area (Å²) in [6.45, 7) is 13.1. The van der Waals surface area contributed by atoms with Gasteiger partial charge in [0.25, 0.3) is 0 Å². The molecule has 106 valence electrons. The zero-order valence-corrected chi connectivity index (χ0v) is 12.6. The molecular formula is C16H31NO. The van der Waals surface area contributed by atoms with E-state index in [0.717, 1.165) is 25.0 Å². The minimum atomic E-state index is 0.503. The van der Waals surface area contributed by atoms with E-state index in [1.807, 2.05) is 0 Å². The lowest BCUT2D eigenvalue weighted by Gasteiger charge is -2.39. The SMILES string of the molecule is CC(C)(C)C1CCN(CCC2CCCOC2)CC1. The molecule has 0 spiro atoms. The second kappa shape index (κ2) is 6.38. The van der Waals surface area contributed by atoms with E-state index in [2.05, 4.69) is 25.7 Å². The van der Waals surface area contributed by atoms with Crippen molar-refractivity contribution in [2.45, 2.75) is 52.9 Å². The van der Waals surface area contributed by atoms with Crippen molar-refractivity contribution in [2.24, 2.45) is 17.3 Å². The van der Waals surface area contributed by atoms with E-state index >= 15 is 0 Å². The minimum Gasteiger partial charge on any atom is -0.381 e. The molecule has 0 aliphatic carbocycles. The van der Waals surface area contributed by atoms with E-state index < -0.39 is 0 Å². The predicted octanol–water partition coefficient (Wildman–Crippen LogP) is 3.56. The van der Waals surface area contributed by atoms with Crippen LogP contribution in [0.25, 0.3) is 0 Å². The van der Waals surface area contributed by atoms with Crippen molar-refractivity contribution in [1.29, 1.82) is 0 Å². The molecule has 0 N–H and O–H groups in total. The first-order valence-corrected chi connectivity index (χ1v) is 7.86. The molecule has 0 saturated carbocycles. The van der Waals surface area contributed by atoms with Crippen LogP contribution in [-0.4, -0.2) is 37.7 Å². The number of likely N-dealkylation sites (tertiary alicyclic amines) is 1. The van der Waals surface area contributed by atoms with Crippen molar-refractivity contribution < 1.29 is 4.74 Å². The molecule has 0 aromatic rings. The van der Waals surface area contributed by atoms with Gasteiger partial charge in [-0.1, -0.05) is 20.8 Å². The summed E-state index contributed by atoms with van der Waals surface area (Å²) >= 11 is 0. The van der Waals surface area contributed by atoms with Crippen molar-refractivity contribution in [3.05, 3.63) is 0 Å². The zero-order valence-electron chi connectivity index (χ0n) is 12.6. The fourth-order valence-corrected chi connectivity index (χ4v) is 3.42. The van der Waals surface area contributed by atoms with Crippen molar-refractivity contribution in [3.8, 4) is 0 Å². The Bertz CT molecular complexity index is 232. The molecule has 2 aliphatic rings. The number of hydrogen-bond acceptors (Lipinski definition) is 2. The van der Waals surface area contributed by atoms with Crippen LogP contribution in [-0.2, 0) is 4.74 Å². The van der Waals surface area contributed by atoms with Gasteiger partial charge in [0.15, 0.2) is 0 Å². The molecule has 0 bridgehead atoms. The third kappa shape index (κ3) is 4.24. The quantitative estimate of drug-likeness (QED) is 0.762. The van der Waals surface area contributed by atoms with Crippen LogP contribution in [0.4, 0.5) is 0 Å². The fraction of sp³-hybridized carbons (Fsp3) is 1.00. The Labute approximate surface area is 113 Å². The van der Waals surface area contributed by atoms with E-state index in [1.54, 1.807) is 0 Å². The Balaban J connectivity index is 1.64. The second-order valence-corrected chi connectivity index (χ2v) is 7.35. The van der Waals surface area contributed by atoms with Gasteiger partial charge >= 0.3 is 0 Å². The van der Waals surface area contributed by atoms with Gasteiger partial charge in [-0.3, -0.25) is 0 Å². The molecule has 2 nitrogen and oxygen atoms in total. The highest BCUT2D eigenvalue weighted by molar-refractivity contribution is 4.81. The highest BCUT2D eigenvalue weighted by atomic mass is 16.5. The first-order chi connectivity index (χ1) is 8.55. The van der Waals surface area contributed by atoms with Crippen LogP contribution in [0.15, 0.2) is 0 Å². The van der Waals surface area contributed by atoms with Crippen LogP contribution >= 0.6 is 0 Å². The Hall–Kier alpha value is -0.0800. The monoisotopic (exact) mass is 253 g/mol. The Kier molecular flexibility index (Phi) is 5.08. The first kappa shape index (κ1) is 14.3. The first-order valence-electron chi connectivity index (χ1n) is 7.86. The van der Waals surface area contributed by atoms with Crippen molar-refractivity contribution >= 4 is 0 Å². The molecule has 2 saturated heterocycles. The third-order valence-electron chi connectivity index (χ3n) is 4.92. The predicted molar refractivity (Wildman–Crippen MR) is 76.8 cm³/mol. The Morgan fingerprint density at radius 2 is 1.83 bits per heavy atom. The number of rotatable bonds is 3. The maximum Gasteiger partial charge on any atom is 0.0494 e. The number of hydrogen-bond donors (Lipinski definition) is 0. The molecule has 0 amide bonds. The second-order valence-electron chi connectivity index (χ2n) is 7.35. The zero-order chi connectivity index (χ0) is 13.0. The van der Waals surface area contributed by atoms with Gasteiger partial charge in [-0.05, 0) is 69.0 Å². The molecule has 2 aliphatic heterocycles. The van der Waals surface area contributed by atoms with Crippen molar-refractivity contribution in [1.82, 2.24) is 4.90 Å². The smallest absolute Gasteiger partial charge is 0.0494 e. The van der Waals surface area contributed by atoms with E-state index in [4.69, 9.17) is 4.74 Å². The summed E-state index contributed by atoms with van der Waals surface area (Å²) in [4.78, 5) is 2.68. The maximum absolute atomic E-state index is 5.57. The van der Waals surface area contributed by atoms with Crippen LogP contribution in [0.5, 0.6) is 0 Å². The lowest BCUT2D eigenvalue weighted by atomic mass is 9.75. The highest BCUT2D eigenvalue weighted by Crippen LogP contribution is 2.34. The van der Waals surface area contributed by atoms with Crippen LogP contribution in [0, 0.1) is 17.3 Å². The van der Waals surface area contributed by atoms with Crippen molar-refractivity contribution in [2.75, 3.05) is 32.8 Å². The van der Waals surface area contributed by atoms with Gasteiger partial charge < -0.3 is 9.64 Å². The van der Waals surface area contributed by atoms with E-state index in [9.17, 15) is 0 Å². The van der Waals surface area contributed by atoms with Crippen LogP contribution < -0.4 is 0 Å². The average molecular weight is 253 g/mol. The molecule has 1 atom stereocenters. The van der Waals surface area contributed by atoms with Gasteiger partial charge in [0.05, 0.1) is 0 Å². The van der Waals surface area contributed by atoms with Gasteiger partial charge in [-0.2, -0.15) is 0 Å². The standard InChI is InChI=1S/C16H31NO/c1-16(2,3)15-7-10-17(11-8-15)9-6-14-5-4-12-18-13-14/h14-15H,4-13H2,1-3H3. The summed E-state index contributed by atoms with van der Waals surface area (Å²) in [7, 11) is 0. The van der Waals surface area contributed by atoms with Crippen LogP contribution in [0.3, 0.4) is 0 Å². The molecule has 2 heteroatoms. The molecule has 0 aromatic carbocycles. The number of nitrogens with zero attached hydrogens (tertiary/aromatic N) is 1. The number of piperidine rings is 1. The maximum atomic E-state index is 5.57. The summed E-state index contributed by atoms with van der Waals surface area (Å²) in [6, 6.07) is 0. The summed E-state index contributed by atoms with van der Waals surface area (Å²) in [6.07, 6.45) is 6.80. The summed E-state index contributed by atoms with van der Waals surface area (Å²) in [5.41, 5.74) is 0.503. The fourth-order valence-electron chi connectivity index (χ4n) is 3.42. The lowest BCUT2D eigenvalue weighted by Crippen LogP contribution is -2.39. The Morgan fingerprint density at radius 1 is 1.11 bits per heavy atom. The van der Waals surface area contributed by atoms with Crippen LogP contribution in [0.2, 0.25) is 0 Å². The topological polar surface area (TPSA) is 12.5 Å². The lowest BCUT2D eigenvalue weighted by molar-refractivity contribution is 0.0426. The van der Waals surface area contributed by atoms with Crippen LogP contribution in [0.1, 0.15) is 52.9 Å². The molecule has 0 radical (unpaired) electrons. The average Bonchev–Trinajstić information content (AvgIpc) is 2.37. The third-order valence-corrected chi connectivity index (χ3v) is 4.92. The summed E-state index contributed by atoms with van der Waals surface area (Å²) in [5, 5.41) is 0. The minimum absolute atomic E-state index is 0.503. The highest BCUT2D eigenvalue weighted by Gasteiger charge is 2.28.